The first-order chi connectivity index (χ1) is 8.18. The third-order valence-corrected chi connectivity index (χ3v) is 3.58. The van der Waals surface area contributed by atoms with Gasteiger partial charge in [-0.1, -0.05) is 44.2 Å². The van der Waals surface area contributed by atoms with E-state index < -0.39 is 5.97 Å². The molecule has 0 saturated heterocycles. The highest BCUT2D eigenvalue weighted by Crippen LogP contribution is 2.31. The van der Waals surface area contributed by atoms with Crippen LogP contribution in [-0.2, 0) is 6.42 Å². The quantitative estimate of drug-likeness (QED) is 0.844. The lowest BCUT2D eigenvalue weighted by molar-refractivity contribution is 0.0693. The van der Waals surface area contributed by atoms with Crippen LogP contribution in [0.5, 0.6) is 5.75 Å². The van der Waals surface area contributed by atoms with Crippen LogP contribution in [-0.4, -0.2) is 16.2 Å². The molecule has 0 spiro atoms. The van der Waals surface area contributed by atoms with Crippen LogP contribution >= 0.6 is 0 Å². The zero-order valence-electron chi connectivity index (χ0n) is 9.85. The number of hydrogen-bond acceptors (Lipinski definition) is 2. The fourth-order valence-electron chi connectivity index (χ4n) is 2.63. The Morgan fingerprint density at radius 3 is 2.59 bits per heavy atom. The van der Waals surface area contributed by atoms with E-state index in [1.807, 2.05) is 6.07 Å². The third kappa shape index (κ3) is 2.78. The highest BCUT2D eigenvalue weighted by atomic mass is 16.4. The van der Waals surface area contributed by atoms with Crippen molar-refractivity contribution in [1.82, 2.24) is 0 Å². The predicted molar refractivity (Wildman–Crippen MR) is 65.3 cm³/mol. The molecule has 17 heavy (non-hydrogen) atoms. The van der Waals surface area contributed by atoms with Crippen molar-refractivity contribution in [3.8, 4) is 5.75 Å². The van der Waals surface area contributed by atoms with Crippen molar-refractivity contribution in [2.24, 2.45) is 5.92 Å². The molecule has 1 saturated carbocycles. The van der Waals surface area contributed by atoms with E-state index in [4.69, 9.17) is 5.11 Å². The molecule has 0 radical (unpaired) electrons. The van der Waals surface area contributed by atoms with E-state index >= 15 is 0 Å². The number of carboxylic acid groups (broad SMARTS) is 1. The van der Waals surface area contributed by atoms with Gasteiger partial charge in [-0.05, 0) is 24.0 Å². The van der Waals surface area contributed by atoms with Crippen molar-refractivity contribution < 1.29 is 15.0 Å². The van der Waals surface area contributed by atoms with E-state index in [1.165, 1.54) is 38.2 Å². The standard InChI is InChI=1S/C14H18O3/c15-13-11(7-4-8-12(13)14(16)17)9-10-5-2-1-3-6-10/h4,7-8,10,15H,1-3,5-6,9H2,(H,16,17). The first-order valence-electron chi connectivity index (χ1n) is 6.22. The largest absolute Gasteiger partial charge is 0.507 e. The molecule has 2 rings (SSSR count). The van der Waals surface area contributed by atoms with Crippen LogP contribution in [0.4, 0.5) is 0 Å². The highest BCUT2D eigenvalue weighted by molar-refractivity contribution is 5.91. The van der Waals surface area contributed by atoms with Crippen molar-refractivity contribution in [3.63, 3.8) is 0 Å². The van der Waals surface area contributed by atoms with Gasteiger partial charge in [-0.3, -0.25) is 0 Å². The maximum absolute atomic E-state index is 10.9. The second-order valence-corrected chi connectivity index (χ2v) is 4.83. The van der Waals surface area contributed by atoms with Crippen LogP contribution in [0.1, 0.15) is 48.0 Å². The molecule has 1 aliphatic carbocycles. The van der Waals surface area contributed by atoms with E-state index in [0.717, 1.165) is 12.0 Å². The first kappa shape index (κ1) is 12.0. The highest BCUT2D eigenvalue weighted by Gasteiger charge is 2.18. The molecule has 1 aliphatic rings. The Morgan fingerprint density at radius 2 is 1.94 bits per heavy atom. The number of carboxylic acids is 1. The number of benzene rings is 1. The Kier molecular flexibility index (Phi) is 3.67. The van der Waals surface area contributed by atoms with Crippen LogP contribution in [0.15, 0.2) is 18.2 Å². The molecule has 0 aromatic heterocycles. The van der Waals surface area contributed by atoms with Crippen molar-refractivity contribution in [1.29, 1.82) is 0 Å². The molecule has 3 nitrogen and oxygen atoms in total. The fourth-order valence-corrected chi connectivity index (χ4v) is 2.63. The minimum atomic E-state index is -1.06. The van der Waals surface area contributed by atoms with Gasteiger partial charge in [-0.25, -0.2) is 4.79 Å². The Hall–Kier alpha value is -1.51. The Bertz CT molecular complexity index is 406. The summed E-state index contributed by atoms with van der Waals surface area (Å²) in [6, 6.07) is 4.99. The normalized spacial score (nSPS) is 16.9. The molecule has 92 valence electrons. The molecule has 3 heteroatoms. The van der Waals surface area contributed by atoms with Crippen LogP contribution < -0.4 is 0 Å². The summed E-state index contributed by atoms with van der Waals surface area (Å²) in [4.78, 5) is 10.9. The van der Waals surface area contributed by atoms with Gasteiger partial charge in [0.15, 0.2) is 0 Å². The Morgan fingerprint density at radius 1 is 1.24 bits per heavy atom. The van der Waals surface area contributed by atoms with Gasteiger partial charge in [0.25, 0.3) is 0 Å². The summed E-state index contributed by atoms with van der Waals surface area (Å²) in [7, 11) is 0. The van der Waals surface area contributed by atoms with Gasteiger partial charge in [0, 0.05) is 0 Å². The SMILES string of the molecule is O=C(O)c1cccc(CC2CCCCC2)c1O. The molecule has 1 fully saturated rings. The van der Waals surface area contributed by atoms with Crippen molar-refractivity contribution in [3.05, 3.63) is 29.3 Å². The number of aromatic hydroxyl groups is 1. The molecular formula is C14H18O3. The Labute approximate surface area is 101 Å². The predicted octanol–water partition coefficient (Wildman–Crippen LogP) is 3.21. The molecule has 0 unspecified atom stereocenters. The van der Waals surface area contributed by atoms with Crippen LogP contribution in [0.2, 0.25) is 0 Å². The van der Waals surface area contributed by atoms with Crippen LogP contribution in [0.25, 0.3) is 0 Å². The zero-order chi connectivity index (χ0) is 12.3. The number of carbonyl (C=O) groups is 1. The van der Waals surface area contributed by atoms with Crippen LogP contribution in [0, 0.1) is 5.92 Å². The van der Waals surface area contributed by atoms with E-state index in [0.29, 0.717) is 5.92 Å². The number of para-hydroxylation sites is 1. The minimum absolute atomic E-state index is 0.0123. The molecule has 0 heterocycles. The summed E-state index contributed by atoms with van der Waals surface area (Å²) >= 11 is 0. The van der Waals surface area contributed by atoms with Gasteiger partial charge in [0.2, 0.25) is 0 Å². The molecule has 2 N–H and O–H groups in total. The second-order valence-electron chi connectivity index (χ2n) is 4.83. The smallest absolute Gasteiger partial charge is 0.339 e. The first-order valence-corrected chi connectivity index (χ1v) is 6.22. The summed E-state index contributed by atoms with van der Waals surface area (Å²) in [5, 5.41) is 18.8. The fraction of sp³-hybridized carbons (Fsp3) is 0.500. The van der Waals surface area contributed by atoms with Gasteiger partial charge in [0.1, 0.15) is 11.3 Å². The summed E-state index contributed by atoms with van der Waals surface area (Å²) in [6.07, 6.45) is 6.99. The van der Waals surface area contributed by atoms with E-state index in [2.05, 4.69) is 0 Å². The molecular weight excluding hydrogens is 216 g/mol. The average molecular weight is 234 g/mol. The van der Waals surface area contributed by atoms with Gasteiger partial charge >= 0.3 is 5.97 Å². The van der Waals surface area contributed by atoms with Gasteiger partial charge in [0.05, 0.1) is 0 Å². The summed E-state index contributed by atoms with van der Waals surface area (Å²) in [5.41, 5.74) is 0.787. The summed E-state index contributed by atoms with van der Waals surface area (Å²) < 4.78 is 0. The lowest BCUT2D eigenvalue weighted by atomic mass is 9.84. The van der Waals surface area contributed by atoms with Gasteiger partial charge < -0.3 is 10.2 Å². The average Bonchev–Trinajstić information content (AvgIpc) is 2.33. The number of aromatic carboxylic acids is 1. The molecule has 1 aromatic carbocycles. The van der Waals surface area contributed by atoms with E-state index in [-0.39, 0.29) is 11.3 Å². The monoisotopic (exact) mass is 234 g/mol. The lowest BCUT2D eigenvalue weighted by Crippen LogP contribution is -2.10. The van der Waals surface area contributed by atoms with E-state index in [1.54, 1.807) is 6.07 Å². The summed E-state index contributed by atoms with van der Waals surface area (Å²) in [5.74, 6) is -0.516. The molecule has 0 amide bonds. The molecule has 0 atom stereocenters. The maximum atomic E-state index is 10.9. The van der Waals surface area contributed by atoms with E-state index in [9.17, 15) is 9.90 Å². The summed E-state index contributed by atoms with van der Waals surface area (Å²) in [6.45, 7) is 0. The van der Waals surface area contributed by atoms with Crippen molar-refractivity contribution >= 4 is 5.97 Å². The minimum Gasteiger partial charge on any atom is -0.507 e. The van der Waals surface area contributed by atoms with Gasteiger partial charge in [-0.15, -0.1) is 0 Å². The number of rotatable bonds is 3. The third-order valence-electron chi connectivity index (χ3n) is 3.58. The maximum Gasteiger partial charge on any atom is 0.339 e. The molecule has 1 aromatic rings. The molecule has 0 aliphatic heterocycles. The molecule has 0 bridgehead atoms. The second kappa shape index (κ2) is 5.21. The number of hydrogen-bond donors (Lipinski definition) is 2. The Balaban J connectivity index is 2.15. The zero-order valence-corrected chi connectivity index (χ0v) is 9.85. The van der Waals surface area contributed by atoms with Crippen molar-refractivity contribution in [2.75, 3.05) is 0 Å². The topological polar surface area (TPSA) is 57.5 Å². The lowest BCUT2D eigenvalue weighted by Gasteiger charge is -2.22. The van der Waals surface area contributed by atoms with Gasteiger partial charge in [-0.2, -0.15) is 0 Å². The van der Waals surface area contributed by atoms with Crippen LogP contribution in [0.3, 0.4) is 0 Å². The number of phenols is 1. The van der Waals surface area contributed by atoms with Crippen molar-refractivity contribution in [2.45, 2.75) is 38.5 Å².